The van der Waals surface area contributed by atoms with E-state index in [9.17, 15) is 0 Å². The summed E-state index contributed by atoms with van der Waals surface area (Å²) in [6, 6.07) is 0.617. The molecule has 0 fully saturated rings. The van der Waals surface area contributed by atoms with Crippen LogP contribution in [0.15, 0.2) is 12.4 Å². The lowest BCUT2D eigenvalue weighted by atomic mass is 9.92. The minimum absolute atomic E-state index is 0.617. The molecule has 2 nitrogen and oxygen atoms in total. The molecule has 1 aromatic rings. The molecule has 1 rings (SSSR count). The van der Waals surface area contributed by atoms with Crippen LogP contribution in [0.4, 0.5) is 0 Å². The smallest absolute Gasteiger partial charge is 0.247 e. The zero-order chi connectivity index (χ0) is 36.0. The van der Waals surface area contributed by atoms with Gasteiger partial charge in [-0.3, -0.25) is 0 Å². The van der Waals surface area contributed by atoms with Crippen LogP contribution in [0.3, 0.4) is 0 Å². The zero-order valence-corrected chi connectivity index (χ0v) is 35.3. The summed E-state index contributed by atoms with van der Waals surface area (Å²) >= 11 is 0. The summed E-state index contributed by atoms with van der Waals surface area (Å²) < 4.78 is 2.65. The molecule has 0 bridgehead atoms. The molecule has 2 unspecified atom stereocenters. The molecule has 296 valence electrons. The molecule has 2 atom stereocenters. The first-order valence-corrected chi connectivity index (χ1v) is 23.8. The normalized spacial score (nSPS) is 13.0. The molecule has 50 heavy (non-hydrogen) atoms. The van der Waals surface area contributed by atoms with Gasteiger partial charge in [-0.15, -0.1) is 0 Å². The molecule has 0 aromatic carbocycles. The summed E-state index contributed by atoms with van der Waals surface area (Å²) in [4.78, 5) is 3.78. The molecular formula is C48H95N2+. The number of rotatable bonds is 41. The topological polar surface area (TPSA) is 19.7 Å². The van der Waals surface area contributed by atoms with Crippen molar-refractivity contribution in [3.63, 3.8) is 0 Å². The first-order chi connectivity index (χ1) is 24.7. The van der Waals surface area contributed by atoms with Crippen molar-refractivity contribution in [1.29, 1.82) is 0 Å². The van der Waals surface area contributed by atoms with Gasteiger partial charge in [-0.2, -0.15) is 0 Å². The molecule has 0 saturated heterocycles. The molecule has 0 saturated carbocycles. The summed E-state index contributed by atoms with van der Waals surface area (Å²) in [6.45, 7) is 9.43. The van der Waals surface area contributed by atoms with Crippen LogP contribution in [-0.4, -0.2) is 4.98 Å². The van der Waals surface area contributed by atoms with Gasteiger partial charge >= 0.3 is 0 Å². The molecule has 0 aliphatic heterocycles. The molecule has 1 heterocycles. The third-order valence-corrected chi connectivity index (χ3v) is 11.9. The minimum Gasteiger partial charge on any atom is -0.247 e. The average Bonchev–Trinajstić information content (AvgIpc) is 3.62. The molecule has 0 radical (unpaired) electrons. The van der Waals surface area contributed by atoms with E-state index in [-0.39, 0.29) is 0 Å². The summed E-state index contributed by atoms with van der Waals surface area (Å²) in [5, 5.41) is 0. The predicted octanol–water partition coefficient (Wildman–Crippen LogP) is 17.2. The lowest BCUT2D eigenvalue weighted by molar-refractivity contribution is -0.727. The van der Waals surface area contributed by atoms with Crippen LogP contribution in [0.25, 0.3) is 0 Å². The van der Waals surface area contributed by atoms with E-state index in [1.807, 2.05) is 0 Å². The second-order valence-corrected chi connectivity index (χ2v) is 16.8. The molecule has 0 amide bonds. The zero-order valence-electron chi connectivity index (χ0n) is 35.3. The quantitative estimate of drug-likeness (QED) is 0.0518. The fraction of sp³-hybridized carbons (Fsp3) is 0.938. The van der Waals surface area contributed by atoms with Gasteiger partial charge in [0, 0.05) is 0 Å². The van der Waals surface area contributed by atoms with Crippen molar-refractivity contribution in [1.82, 2.24) is 4.98 Å². The Balaban J connectivity index is 2.36. The molecular weight excluding hydrogens is 605 g/mol. The number of H-pyrrole nitrogens is 1. The van der Waals surface area contributed by atoms with Gasteiger partial charge in [-0.25, -0.2) is 9.55 Å². The van der Waals surface area contributed by atoms with Gasteiger partial charge in [-0.05, 0) is 32.6 Å². The monoisotopic (exact) mass is 700 g/mol. The van der Waals surface area contributed by atoms with E-state index in [1.54, 1.807) is 5.82 Å². The number of unbranched alkanes of at least 4 members (excludes halogenated alkanes) is 33. The van der Waals surface area contributed by atoms with Crippen molar-refractivity contribution >= 4 is 0 Å². The van der Waals surface area contributed by atoms with E-state index in [2.05, 4.69) is 49.6 Å². The number of nitrogens with one attached hydrogen (secondary N) is 1. The van der Waals surface area contributed by atoms with Crippen molar-refractivity contribution in [3.8, 4) is 0 Å². The van der Waals surface area contributed by atoms with Crippen molar-refractivity contribution in [2.24, 2.45) is 0 Å². The Bertz CT molecular complexity index is 768. The fourth-order valence-corrected chi connectivity index (χ4v) is 8.37. The average molecular weight is 700 g/mol. The van der Waals surface area contributed by atoms with Crippen molar-refractivity contribution in [2.75, 3.05) is 0 Å². The van der Waals surface area contributed by atoms with E-state index >= 15 is 0 Å². The van der Waals surface area contributed by atoms with Crippen LogP contribution in [0.5, 0.6) is 0 Å². The number of nitrogens with zero attached hydrogens (tertiary/aromatic N) is 1. The van der Waals surface area contributed by atoms with Crippen LogP contribution in [0.2, 0.25) is 0 Å². The van der Waals surface area contributed by atoms with Gasteiger partial charge in [0.05, 0.1) is 12.0 Å². The molecule has 1 N–H and O–H groups in total. The van der Waals surface area contributed by atoms with E-state index in [4.69, 9.17) is 0 Å². The van der Waals surface area contributed by atoms with E-state index in [1.165, 1.54) is 250 Å². The van der Waals surface area contributed by atoms with Crippen LogP contribution in [-0.2, 0) is 0 Å². The molecule has 2 heteroatoms. The molecule has 0 aliphatic carbocycles. The summed E-state index contributed by atoms with van der Waals surface area (Å²) in [5.74, 6) is 2.25. The second-order valence-electron chi connectivity index (χ2n) is 16.8. The highest BCUT2D eigenvalue weighted by molar-refractivity contribution is 4.90. The maximum atomic E-state index is 3.78. The van der Waals surface area contributed by atoms with Crippen molar-refractivity contribution in [2.45, 2.75) is 290 Å². The Morgan fingerprint density at radius 2 is 0.640 bits per heavy atom. The minimum atomic E-state index is 0.617. The highest BCUT2D eigenvalue weighted by Gasteiger charge is 2.25. The Hall–Kier alpha value is -0.790. The standard InChI is InChI=1S/C48H94N2/c1-5-8-11-14-17-20-22-24-25-27-29-31-34-37-40-43-47(42-39-36-33-30-28-26-23-21-18-15-12-9-6-2)48-49-44-45-50(48)46(4)41-38-35-32-19-16-13-10-7-3/h44-47H,5-43H2,1-4H3/p+1. The Morgan fingerprint density at radius 3 is 0.940 bits per heavy atom. The lowest BCUT2D eigenvalue weighted by Gasteiger charge is -2.17. The first kappa shape index (κ1) is 47.2. The van der Waals surface area contributed by atoms with Gasteiger partial charge in [0.25, 0.3) is 5.82 Å². The molecule has 0 spiro atoms. The van der Waals surface area contributed by atoms with Crippen LogP contribution in [0, 0.1) is 0 Å². The largest absolute Gasteiger partial charge is 0.257 e. The number of aromatic amines is 1. The summed E-state index contributed by atoms with van der Waals surface area (Å²) in [5.41, 5.74) is 0. The Morgan fingerprint density at radius 1 is 0.380 bits per heavy atom. The maximum Gasteiger partial charge on any atom is 0.257 e. The van der Waals surface area contributed by atoms with Gasteiger partial charge in [0.1, 0.15) is 12.4 Å². The number of imidazole rings is 1. The highest BCUT2D eigenvalue weighted by Crippen LogP contribution is 2.28. The van der Waals surface area contributed by atoms with Gasteiger partial charge < -0.3 is 0 Å². The predicted molar refractivity (Wildman–Crippen MR) is 226 cm³/mol. The third-order valence-electron chi connectivity index (χ3n) is 11.9. The van der Waals surface area contributed by atoms with Crippen molar-refractivity contribution in [3.05, 3.63) is 18.2 Å². The Kier molecular flexibility index (Phi) is 35.8. The number of aromatic nitrogens is 2. The fourth-order valence-electron chi connectivity index (χ4n) is 8.37. The SMILES string of the molecule is CCCCCCCCCCCCCCCCCC(CCCCCCCCCCCCCCC)c1[nH]cc[n+]1C(C)CCCCCCCCCC. The van der Waals surface area contributed by atoms with Gasteiger partial charge in [0.15, 0.2) is 0 Å². The lowest BCUT2D eigenvalue weighted by Crippen LogP contribution is -2.41. The van der Waals surface area contributed by atoms with Crippen LogP contribution in [0.1, 0.15) is 296 Å². The van der Waals surface area contributed by atoms with Gasteiger partial charge in [-0.1, -0.05) is 245 Å². The molecule has 0 aliphatic rings. The highest BCUT2D eigenvalue weighted by atomic mass is 15.1. The third kappa shape index (κ3) is 28.8. The van der Waals surface area contributed by atoms with E-state index in [0.29, 0.717) is 12.0 Å². The van der Waals surface area contributed by atoms with Crippen LogP contribution >= 0.6 is 0 Å². The van der Waals surface area contributed by atoms with Gasteiger partial charge in [0.2, 0.25) is 0 Å². The summed E-state index contributed by atoms with van der Waals surface area (Å²) in [6.07, 6.45) is 60.6. The van der Waals surface area contributed by atoms with Crippen molar-refractivity contribution < 1.29 is 4.57 Å². The second kappa shape index (κ2) is 38.0. The number of hydrogen-bond acceptors (Lipinski definition) is 0. The summed E-state index contributed by atoms with van der Waals surface area (Å²) in [7, 11) is 0. The molecule has 1 aromatic heterocycles. The van der Waals surface area contributed by atoms with Crippen LogP contribution < -0.4 is 4.57 Å². The first-order valence-electron chi connectivity index (χ1n) is 23.8. The Labute approximate surface area is 316 Å². The number of hydrogen-bond donors (Lipinski definition) is 1. The maximum absolute atomic E-state index is 3.78. The van der Waals surface area contributed by atoms with E-state index < -0.39 is 0 Å². The van der Waals surface area contributed by atoms with E-state index in [0.717, 1.165) is 0 Å².